The van der Waals surface area contributed by atoms with E-state index in [0.717, 1.165) is 18.4 Å². The van der Waals surface area contributed by atoms with E-state index in [1.165, 1.54) is 0 Å². The molecule has 0 atom stereocenters. The lowest BCUT2D eigenvalue weighted by Gasteiger charge is -2.13. The minimum atomic E-state index is -0.444. The Morgan fingerprint density at radius 1 is 1.03 bits per heavy atom. The second-order valence-electron chi connectivity index (χ2n) is 6.58. The first-order chi connectivity index (χ1) is 14.6. The van der Waals surface area contributed by atoms with Crippen molar-refractivity contribution in [2.45, 2.75) is 33.1 Å². The van der Waals surface area contributed by atoms with E-state index in [0.29, 0.717) is 48.9 Å². The summed E-state index contributed by atoms with van der Waals surface area (Å²) in [5, 5.41) is 5.52. The predicted molar refractivity (Wildman–Crippen MR) is 117 cm³/mol. The summed E-state index contributed by atoms with van der Waals surface area (Å²) in [6, 6.07) is 12.1. The molecule has 0 unspecified atom stereocenters. The van der Waals surface area contributed by atoms with E-state index in [1.807, 2.05) is 32.0 Å². The van der Waals surface area contributed by atoms with Crippen LogP contribution in [0.3, 0.4) is 0 Å². The van der Waals surface area contributed by atoms with Gasteiger partial charge in [-0.25, -0.2) is 9.59 Å². The molecular formula is C23H30N2O5. The summed E-state index contributed by atoms with van der Waals surface area (Å²) in [5.74, 6) is 0.909. The molecule has 0 heterocycles. The molecule has 2 aromatic carbocycles. The van der Waals surface area contributed by atoms with Gasteiger partial charge < -0.3 is 24.8 Å². The number of anilines is 1. The van der Waals surface area contributed by atoms with Gasteiger partial charge in [-0.1, -0.05) is 31.5 Å². The highest BCUT2D eigenvalue weighted by Gasteiger charge is 2.14. The fourth-order valence-corrected chi connectivity index (χ4v) is 2.79. The Morgan fingerprint density at radius 3 is 2.57 bits per heavy atom. The number of rotatable bonds is 11. The molecule has 2 amide bonds. The molecule has 0 fully saturated rings. The maximum absolute atomic E-state index is 12.3. The topological polar surface area (TPSA) is 85.9 Å². The van der Waals surface area contributed by atoms with Gasteiger partial charge >= 0.3 is 12.0 Å². The third kappa shape index (κ3) is 6.99. The fourth-order valence-electron chi connectivity index (χ4n) is 2.79. The first kappa shape index (κ1) is 23.1. The summed E-state index contributed by atoms with van der Waals surface area (Å²) in [5.41, 5.74) is 1.76. The lowest BCUT2D eigenvalue weighted by atomic mass is 10.1. The van der Waals surface area contributed by atoms with Gasteiger partial charge in [0.2, 0.25) is 0 Å². The first-order valence-corrected chi connectivity index (χ1v) is 10.2. The summed E-state index contributed by atoms with van der Waals surface area (Å²) in [7, 11) is 1.60. The highest BCUT2D eigenvalue weighted by atomic mass is 16.5. The van der Waals surface area contributed by atoms with E-state index in [4.69, 9.17) is 14.2 Å². The molecule has 0 aliphatic carbocycles. The van der Waals surface area contributed by atoms with Crippen LogP contribution >= 0.6 is 0 Å². The maximum Gasteiger partial charge on any atom is 0.340 e. The molecule has 0 bridgehead atoms. The summed E-state index contributed by atoms with van der Waals surface area (Å²) < 4.78 is 16.1. The number of methoxy groups -OCH3 is 1. The Kier molecular flexibility index (Phi) is 9.51. The van der Waals surface area contributed by atoms with Crippen molar-refractivity contribution >= 4 is 17.7 Å². The van der Waals surface area contributed by atoms with E-state index in [9.17, 15) is 9.59 Å². The van der Waals surface area contributed by atoms with Crippen LogP contribution in [0.1, 0.15) is 42.6 Å². The second-order valence-corrected chi connectivity index (χ2v) is 6.58. The van der Waals surface area contributed by atoms with E-state index >= 15 is 0 Å². The summed E-state index contributed by atoms with van der Waals surface area (Å²) in [6.45, 7) is 5.29. The van der Waals surface area contributed by atoms with E-state index in [-0.39, 0.29) is 6.03 Å². The third-order valence-corrected chi connectivity index (χ3v) is 4.35. The van der Waals surface area contributed by atoms with Crippen LogP contribution in [0.15, 0.2) is 42.5 Å². The average molecular weight is 415 g/mol. The number of ether oxygens (including phenoxy) is 3. The van der Waals surface area contributed by atoms with Crippen LogP contribution in [0.2, 0.25) is 0 Å². The number of hydrogen-bond donors (Lipinski definition) is 2. The largest absolute Gasteiger partial charge is 0.493 e. The van der Waals surface area contributed by atoms with Crippen molar-refractivity contribution in [2.24, 2.45) is 0 Å². The Bertz CT molecular complexity index is 838. The molecule has 0 saturated heterocycles. The molecule has 7 heteroatoms. The van der Waals surface area contributed by atoms with Crippen molar-refractivity contribution in [3.63, 3.8) is 0 Å². The standard InChI is InChI=1S/C23H30N2O5/c1-4-6-15-30-22(26)18-9-7-8-10-19(18)25-23(27)24-14-13-17-11-12-20(29-5-2)21(16-17)28-3/h7-12,16H,4-6,13-15H2,1-3H3,(H2,24,25,27). The van der Waals surface area contributed by atoms with Crippen LogP contribution < -0.4 is 20.1 Å². The normalized spacial score (nSPS) is 10.2. The first-order valence-electron chi connectivity index (χ1n) is 10.2. The number of hydrogen-bond acceptors (Lipinski definition) is 5. The number of nitrogens with one attached hydrogen (secondary N) is 2. The van der Waals surface area contributed by atoms with Crippen LogP contribution in [-0.2, 0) is 11.2 Å². The fraction of sp³-hybridized carbons (Fsp3) is 0.391. The molecule has 0 aromatic heterocycles. The van der Waals surface area contributed by atoms with Gasteiger partial charge in [-0.3, -0.25) is 0 Å². The number of carbonyl (C=O) groups excluding carboxylic acids is 2. The SMILES string of the molecule is CCCCOC(=O)c1ccccc1NC(=O)NCCc1ccc(OCC)c(OC)c1. The van der Waals surface area contributed by atoms with Gasteiger partial charge in [0.25, 0.3) is 0 Å². The van der Waals surface area contributed by atoms with Crippen LogP contribution in [0.4, 0.5) is 10.5 Å². The summed E-state index contributed by atoms with van der Waals surface area (Å²) in [6.07, 6.45) is 2.37. The second kappa shape index (κ2) is 12.4. The van der Waals surface area contributed by atoms with E-state index < -0.39 is 5.97 Å². The van der Waals surface area contributed by atoms with Gasteiger partial charge in [0.1, 0.15) is 0 Å². The Hall–Kier alpha value is -3.22. The number of unbranched alkanes of at least 4 members (excludes halogenated alkanes) is 1. The minimum Gasteiger partial charge on any atom is -0.493 e. The van der Waals surface area contributed by atoms with Gasteiger partial charge in [-0.05, 0) is 49.6 Å². The molecule has 0 aliphatic heterocycles. The number of para-hydroxylation sites is 1. The molecule has 0 aliphatic rings. The van der Waals surface area contributed by atoms with Gasteiger partial charge in [0.05, 0.1) is 31.6 Å². The van der Waals surface area contributed by atoms with Gasteiger partial charge in [-0.2, -0.15) is 0 Å². The number of benzene rings is 2. The molecular weight excluding hydrogens is 384 g/mol. The van der Waals surface area contributed by atoms with Crippen molar-refractivity contribution in [2.75, 3.05) is 32.2 Å². The molecule has 0 radical (unpaired) electrons. The van der Waals surface area contributed by atoms with Crippen LogP contribution in [0.25, 0.3) is 0 Å². The minimum absolute atomic E-state index is 0.333. The molecule has 2 aromatic rings. The zero-order chi connectivity index (χ0) is 21.8. The molecule has 2 N–H and O–H groups in total. The smallest absolute Gasteiger partial charge is 0.340 e. The number of urea groups is 1. The Labute approximate surface area is 177 Å². The van der Waals surface area contributed by atoms with Crippen molar-refractivity contribution in [1.82, 2.24) is 5.32 Å². The highest BCUT2D eigenvalue weighted by molar-refractivity contribution is 6.00. The zero-order valence-corrected chi connectivity index (χ0v) is 17.8. The molecule has 162 valence electrons. The van der Waals surface area contributed by atoms with Gasteiger partial charge in [0.15, 0.2) is 11.5 Å². The van der Waals surface area contributed by atoms with Gasteiger partial charge in [-0.15, -0.1) is 0 Å². The van der Waals surface area contributed by atoms with Crippen molar-refractivity contribution in [3.05, 3.63) is 53.6 Å². The maximum atomic E-state index is 12.3. The molecule has 7 nitrogen and oxygen atoms in total. The molecule has 2 rings (SSSR count). The van der Waals surface area contributed by atoms with Crippen LogP contribution in [0, 0.1) is 0 Å². The van der Waals surface area contributed by atoms with Gasteiger partial charge in [0, 0.05) is 6.54 Å². The number of amides is 2. The monoisotopic (exact) mass is 414 g/mol. The molecule has 0 spiro atoms. The Balaban J connectivity index is 1.89. The van der Waals surface area contributed by atoms with E-state index in [2.05, 4.69) is 10.6 Å². The molecule has 0 saturated carbocycles. The average Bonchev–Trinajstić information content (AvgIpc) is 2.75. The highest BCUT2D eigenvalue weighted by Crippen LogP contribution is 2.28. The van der Waals surface area contributed by atoms with Crippen molar-refractivity contribution < 1.29 is 23.8 Å². The third-order valence-electron chi connectivity index (χ3n) is 4.35. The van der Waals surface area contributed by atoms with Crippen molar-refractivity contribution in [1.29, 1.82) is 0 Å². The lowest BCUT2D eigenvalue weighted by Crippen LogP contribution is -2.31. The quantitative estimate of drug-likeness (QED) is 0.420. The predicted octanol–water partition coefficient (Wildman–Crippen LogP) is 4.42. The van der Waals surface area contributed by atoms with Crippen LogP contribution in [0.5, 0.6) is 11.5 Å². The van der Waals surface area contributed by atoms with Crippen molar-refractivity contribution in [3.8, 4) is 11.5 Å². The van der Waals surface area contributed by atoms with E-state index in [1.54, 1.807) is 31.4 Å². The Morgan fingerprint density at radius 2 is 1.83 bits per heavy atom. The molecule has 30 heavy (non-hydrogen) atoms. The summed E-state index contributed by atoms with van der Waals surface area (Å²) >= 11 is 0. The van der Waals surface area contributed by atoms with Crippen LogP contribution in [-0.4, -0.2) is 38.9 Å². The zero-order valence-electron chi connectivity index (χ0n) is 17.8. The number of carbonyl (C=O) groups is 2. The lowest BCUT2D eigenvalue weighted by molar-refractivity contribution is 0.0501. The number of esters is 1. The summed E-state index contributed by atoms with van der Waals surface area (Å²) in [4.78, 5) is 24.5.